The summed E-state index contributed by atoms with van der Waals surface area (Å²) in [4.78, 5) is 7.53. The van der Waals surface area contributed by atoms with Gasteiger partial charge in [-0.1, -0.05) is 22.0 Å². The Bertz CT molecular complexity index is 1100. The van der Waals surface area contributed by atoms with Crippen LogP contribution in [-0.4, -0.2) is 9.97 Å². The van der Waals surface area contributed by atoms with E-state index in [0.29, 0.717) is 18.2 Å². The van der Waals surface area contributed by atoms with E-state index in [0.717, 1.165) is 31.2 Å². The van der Waals surface area contributed by atoms with E-state index in [4.69, 9.17) is 4.74 Å². The van der Waals surface area contributed by atoms with Crippen molar-refractivity contribution < 1.29 is 9.13 Å². The smallest absolute Gasteiger partial charge is 0.219 e. The predicted octanol–water partition coefficient (Wildman–Crippen LogP) is 6.63. The van der Waals surface area contributed by atoms with Crippen LogP contribution in [0.25, 0.3) is 10.9 Å². The Hall–Kier alpha value is -2.38. The van der Waals surface area contributed by atoms with Gasteiger partial charge < -0.3 is 15.0 Å². The molecule has 2 aromatic heterocycles. The molecule has 4 nitrogen and oxygen atoms in total. The number of hydrogen-bond donors (Lipinski definition) is 2. The number of anilines is 1. The van der Waals surface area contributed by atoms with E-state index in [2.05, 4.69) is 47.1 Å². The molecule has 0 aliphatic heterocycles. The molecular weight excluding hydrogens is 477 g/mol. The second kappa shape index (κ2) is 7.70. The number of aromatic amines is 1. The van der Waals surface area contributed by atoms with E-state index in [1.54, 1.807) is 12.3 Å². The monoisotopic (exact) mass is 489 g/mol. The highest BCUT2D eigenvalue weighted by molar-refractivity contribution is 9.11. The molecule has 4 rings (SSSR count). The van der Waals surface area contributed by atoms with Gasteiger partial charge in [0.1, 0.15) is 11.6 Å². The van der Waals surface area contributed by atoms with Gasteiger partial charge in [0.05, 0.1) is 18.4 Å². The fourth-order valence-electron chi connectivity index (χ4n) is 2.71. The van der Waals surface area contributed by atoms with Crippen molar-refractivity contribution in [3.63, 3.8) is 0 Å². The molecule has 2 aromatic carbocycles. The summed E-state index contributed by atoms with van der Waals surface area (Å²) in [5.41, 5.74) is 2.57. The van der Waals surface area contributed by atoms with Gasteiger partial charge in [-0.25, -0.2) is 9.37 Å². The number of benzene rings is 2. The average Bonchev–Trinajstić information content (AvgIpc) is 3.04. The molecule has 0 aliphatic carbocycles. The van der Waals surface area contributed by atoms with E-state index in [9.17, 15) is 4.39 Å². The van der Waals surface area contributed by atoms with Crippen molar-refractivity contribution in [2.45, 2.75) is 6.54 Å². The summed E-state index contributed by atoms with van der Waals surface area (Å²) < 4.78 is 20.9. The normalized spacial score (nSPS) is 10.9. The van der Waals surface area contributed by atoms with Gasteiger partial charge in [0.25, 0.3) is 0 Å². The number of nitrogens with zero attached hydrogens (tertiary/aromatic N) is 1. The largest absolute Gasteiger partial charge is 0.439 e. The van der Waals surface area contributed by atoms with Crippen molar-refractivity contribution >= 4 is 48.5 Å². The van der Waals surface area contributed by atoms with Crippen molar-refractivity contribution in [1.82, 2.24) is 9.97 Å². The number of fused-ring (bicyclic) bond motifs is 1. The Kier molecular flexibility index (Phi) is 5.13. The number of H-pyrrole nitrogens is 1. The highest BCUT2D eigenvalue weighted by atomic mass is 79.9. The fraction of sp³-hybridized carbons (Fsp3) is 0.0500. The summed E-state index contributed by atoms with van der Waals surface area (Å²) in [7, 11) is 0. The summed E-state index contributed by atoms with van der Waals surface area (Å²) in [6, 6.07) is 16.2. The molecule has 0 radical (unpaired) electrons. The van der Waals surface area contributed by atoms with Crippen LogP contribution in [0.1, 0.15) is 5.69 Å². The standard InChI is InChI=1S/C20H14Br2FN3O/c21-12-2-1-3-16(6-12)27-20-5-4-14(10-25-20)24-11-15-9-17-18(22)7-13(23)8-19(17)26-15/h1-10,24,26H,11H2. The van der Waals surface area contributed by atoms with Gasteiger partial charge in [-0.3, -0.25) is 0 Å². The predicted molar refractivity (Wildman–Crippen MR) is 112 cm³/mol. The number of aromatic nitrogens is 2. The zero-order valence-corrected chi connectivity index (χ0v) is 17.1. The number of nitrogens with one attached hydrogen (secondary N) is 2. The first kappa shape index (κ1) is 18.0. The number of pyridine rings is 1. The van der Waals surface area contributed by atoms with Gasteiger partial charge in [0, 0.05) is 31.6 Å². The number of rotatable bonds is 5. The van der Waals surface area contributed by atoms with Gasteiger partial charge in [-0.05, 0) is 58.4 Å². The topological polar surface area (TPSA) is 49.9 Å². The van der Waals surface area contributed by atoms with E-state index < -0.39 is 0 Å². The van der Waals surface area contributed by atoms with Crippen LogP contribution in [0, 0.1) is 5.82 Å². The van der Waals surface area contributed by atoms with Crippen LogP contribution in [0.15, 0.2) is 69.7 Å². The minimum absolute atomic E-state index is 0.277. The quantitative estimate of drug-likeness (QED) is 0.330. The summed E-state index contributed by atoms with van der Waals surface area (Å²) in [6.45, 7) is 0.566. The van der Waals surface area contributed by atoms with Crippen LogP contribution in [0.2, 0.25) is 0 Å². The maximum atomic E-state index is 13.5. The second-order valence-electron chi connectivity index (χ2n) is 5.94. The summed E-state index contributed by atoms with van der Waals surface area (Å²) >= 11 is 6.80. The van der Waals surface area contributed by atoms with Crippen LogP contribution in [0.3, 0.4) is 0 Å². The van der Waals surface area contributed by atoms with Crippen molar-refractivity contribution in [1.29, 1.82) is 0 Å². The van der Waals surface area contributed by atoms with Crippen molar-refractivity contribution in [3.05, 3.63) is 81.3 Å². The lowest BCUT2D eigenvalue weighted by Crippen LogP contribution is -2.00. The molecule has 2 heterocycles. The van der Waals surface area contributed by atoms with E-state index >= 15 is 0 Å². The zero-order valence-electron chi connectivity index (χ0n) is 14.0. The van der Waals surface area contributed by atoms with Gasteiger partial charge in [0.2, 0.25) is 5.88 Å². The minimum Gasteiger partial charge on any atom is -0.439 e. The van der Waals surface area contributed by atoms with Crippen molar-refractivity contribution in [2.75, 3.05) is 5.32 Å². The average molecular weight is 491 g/mol. The number of halogens is 3. The van der Waals surface area contributed by atoms with E-state index in [1.807, 2.05) is 36.4 Å². The molecule has 0 spiro atoms. The third kappa shape index (κ3) is 4.31. The zero-order chi connectivity index (χ0) is 18.8. The highest BCUT2D eigenvalue weighted by Crippen LogP contribution is 2.27. The molecule has 0 atom stereocenters. The Morgan fingerprint density at radius 1 is 1.07 bits per heavy atom. The van der Waals surface area contributed by atoms with Gasteiger partial charge in [-0.15, -0.1) is 0 Å². The summed E-state index contributed by atoms with van der Waals surface area (Å²) in [6.07, 6.45) is 1.71. The molecular formula is C20H14Br2FN3O. The van der Waals surface area contributed by atoms with Crippen LogP contribution in [0.5, 0.6) is 11.6 Å². The molecule has 0 saturated heterocycles. The molecule has 0 bridgehead atoms. The van der Waals surface area contributed by atoms with Crippen molar-refractivity contribution in [3.8, 4) is 11.6 Å². The van der Waals surface area contributed by atoms with E-state index in [1.165, 1.54) is 12.1 Å². The molecule has 27 heavy (non-hydrogen) atoms. The molecule has 0 aliphatic rings. The minimum atomic E-state index is -0.277. The van der Waals surface area contributed by atoms with Gasteiger partial charge in [0.15, 0.2) is 0 Å². The maximum absolute atomic E-state index is 13.5. The Morgan fingerprint density at radius 2 is 1.96 bits per heavy atom. The lowest BCUT2D eigenvalue weighted by Gasteiger charge is -2.07. The lowest BCUT2D eigenvalue weighted by molar-refractivity contribution is 0.463. The first-order chi connectivity index (χ1) is 13.1. The molecule has 2 N–H and O–H groups in total. The lowest BCUT2D eigenvalue weighted by atomic mass is 10.2. The third-order valence-corrected chi connectivity index (χ3v) is 5.10. The SMILES string of the molecule is Fc1cc(Br)c2cc(CNc3ccc(Oc4cccc(Br)c4)nc3)[nH]c2c1. The molecule has 4 aromatic rings. The van der Waals surface area contributed by atoms with Gasteiger partial charge >= 0.3 is 0 Å². The first-order valence-electron chi connectivity index (χ1n) is 8.17. The number of hydrogen-bond acceptors (Lipinski definition) is 3. The molecule has 0 unspecified atom stereocenters. The Balaban J connectivity index is 1.42. The molecule has 0 fully saturated rings. The number of ether oxygens (including phenoxy) is 1. The highest BCUT2D eigenvalue weighted by Gasteiger charge is 2.07. The van der Waals surface area contributed by atoms with Crippen LogP contribution >= 0.6 is 31.9 Å². The molecule has 7 heteroatoms. The Morgan fingerprint density at radius 3 is 2.74 bits per heavy atom. The van der Waals surface area contributed by atoms with E-state index in [-0.39, 0.29) is 5.82 Å². The van der Waals surface area contributed by atoms with Crippen LogP contribution in [0.4, 0.5) is 10.1 Å². The van der Waals surface area contributed by atoms with Crippen LogP contribution < -0.4 is 10.1 Å². The summed E-state index contributed by atoms with van der Waals surface area (Å²) in [5.74, 6) is 0.957. The maximum Gasteiger partial charge on any atom is 0.219 e. The third-order valence-electron chi connectivity index (χ3n) is 3.95. The van der Waals surface area contributed by atoms with Crippen molar-refractivity contribution in [2.24, 2.45) is 0 Å². The van der Waals surface area contributed by atoms with Gasteiger partial charge in [-0.2, -0.15) is 0 Å². The molecule has 0 amide bonds. The summed E-state index contributed by atoms with van der Waals surface area (Å²) in [5, 5.41) is 4.24. The Labute approximate surface area is 172 Å². The fourth-order valence-corrected chi connectivity index (χ4v) is 3.63. The molecule has 136 valence electrons. The van der Waals surface area contributed by atoms with Crippen LogP contribution in [-0.2, 0) is 6.54 Å². The second-order valence-corrected chi connectivity index (χ2v) is 7.71. The molecule has 0 saturated carbocycles. The first-order valence-corrected chi connectivity index (χ1v) is 9.75.